The zero-order valence-electron chi connectivity index (χ0n) is 11.6. The van der Waals surface area contributed by atoms with Crippen molar-refractivity contribution in [1.82, 2.24) is 5.32 Å². The fourth-order valence-electron chi connectivity index (χ4n) is 2.35. The Morgan fingerprint density at radius 2 is 2.22 bits per heavy atom. The Labute approximate surface area is 111 Å². The molecule has 1 unspecified atom stereocenters. The molecule has 1 atom stereocenters. The largest absolute Gasteiger partial charge is 0.494 e. The van der Waals surface area contributed by atoms with Gasteiger partial charge in [-0.3, -0.25) is 0 Å². The highest BCUT2D eigenvalue weighted by Crippen LogP contribution is 2.29. The van der Waals surface area contributed by atoms with Crippen LogP contribution in [0.4, 0.5) is 0 Å². The van der Waals surface area contributed by atoms with Gasteiger partial charge in [-0.1, -0.05) is 25.5 Å². The Bertz CT molecular complexity index is 360. The summed E-state index contributed by atoms with van der Waals surface area (Å²) in [4.78, 5) is 0. The van der Waals surface area contributed by atoms with Gasteiger partial charge in [0.05, 0.1) is 6.61 Å². The molecule has 1 N–H and O–H groups in total. The number of hydrogen-bond acceptors (Lipinski definition) is 2. The monoisotopic (exact) mass is 247 g/mol. The predicted octanol–water partition coefficient (Wildman–Crippen LogP) is 3.75. The van der Waals surface area contributed by atoms with Crippen molar-refractivity contribution >= 4 is 0 Å². The minimum absolute atomic E-state index is 0.638. The Balaban J connectivity index is 1.80. The topological polar surface area (TPSA) is 21.3 Å². The number of nitrogens with one attached hydrogen (secondary N) is 1. The molecular weight excluding hydrogens is 222 g/mol. The summed E-state index contributed by atoms with van der Waals surface area (Å²) >= 11 is 0. The first-order chi connectivity index (χ1) is 8.79. The fourth-order valence-corrected chi connectivity index (χ4v) is 2.35. The fraction of sp³-hybridized carbons (Fsp3) is 0.625. The number of hydrogen-bond donors (Lipinski definition) is 1. The summed E-state index contributed by atoms with van der Waals surface area (Å²) in [6, 6.07) is 9.07. The highest BCUT2D eigenvalue weighted by molar-refractivity contribution is 5.28. The van der Waals surface area contributed by atoms with E-state index in [0.717, 1.165) is 31.2 Å². The smallest absolute Gasteiger partial charge is 0.119 e. The molecule has 18 heavy (non-hydrogen) atoms. The van der Waals surface area contributed by atoms with Crippen molar-refractivity contribution in [3.05, 3.63) is 29.8 Å². The molecule has 1 aromatic rings. The first kappa shape index (κ1) is 13.4. The maximum Gasteiger partial charge on any atom is 0.119 e. The van der Waals surface area contributed by atoms with E-state index in [1.165, 1.54) is 24.8 Å². The highest BCUT2D eigenvalue weighted by Gasteiger charge is 2.23. The average molecular weight is 247 g/mol. The van der Waals surface area contributed by atoms with E-state index in [1.807, 2.05) is 6.07 Å². The molecular formula is C16H25NO. The van der Waals surface area contributed by atoms with E-state index in [4.69, 9.17) is 4.74 Å². The molecule has 0 heterocycles. The predicted molar refractivity (Wildman–Crippen MR) is 75.9 cm³/mol. The maximum atomic E-state index is 5.65. The average Bonchev–Trinajstić information content (AvgIpc) is 2.32. The third-order valence-corrected chi connectivity index (χ3v) is 3.86. The van der Waals surface area contributed by atoms with Crippen molar-refractivity contribution in [1.29, 1.82) is 0 Å². The quantitative estimate of drug-likeness (QED) is 0.792. The van der Waals surface area contributed by atoms with Gasteiger partial charge in [0.25, 0.3) is 0 Å². The Morgan fingerprint density at radius 3 is 2.89 bits per heavy atom. The molecule has 0 aromatic heterocycles. The molecule has 1 fully saturated rings. The van der Waals surface area contributed by atoms with E-state index in [1.54, 1.807) is 0 Å². The van der Waals surface area contributed by atoms with Crippen LogP contribution in [0.25, 0.3) is 0 Å². The highest BCUT2D eigenvalue weighted by atomic mass is 16.5. The van der Waals surface area contributed by atoms with E-state index < -0.39 is 0 Å². The van der Waals surface area contributed by atoms with Crippen LogP contribution in [0.1, 0.15) is 45.1 Å². The van der Waals surface area contributed by atoms with Crippen LogP contribution in [0.3, 0.4) is 0 Å². The van der Waals surface area contributed by atoms with Crippen LogP contribution in [0.2, 0.25) is 0 Å². The standard InChI is InChI=1S/C16H25NO/c1-3-10-18-16-9-4-6-14(11-16)12-17-13(2)15-7-5-8-15/h4,6,9,11,13,15,17H,3,5,7-8,10,12H2,1-2H3. The van der Waals surface area contributed by atoms with Crippen molar-refractivity contribution in [2.45, 2.75) is 52.1 Å². The third kappa shape index (κ3) is 3.74. The molecule has 100 valence electrons. The lowest BCUT2D eigenvalue weighted by Gasteiger charge is -2.32. The van der Waals surface area contributed by atoms with Gasteiger partial charge in [-0.2, -0.15) is 0 Å². The Kier molecular flexibility index (Phi) is 5.06. The second-order valence-electron chi connectivity index (χ2n) is 5.36. The van der Waals surface area contributed by atoms with Crippen LogP contribution in [0, 0.1) is 5.92 Å². The number of rotatable bonds is 7. The first-order valence-corrected chi connectivity index (χ1v) is 7.24. The second-order valence-corrected chi connectivity index (χ2v) is 5.36. The molecule has 2 nitrogen and oxygen atoms in total. The van der Waals surface area contributed by atoms with Crippen molar-refractivity contribution in [3.8, 4) is 5.75 Å². The van der Waals surface area contributed by atoms with Gasteiger partial charge in [0.15, 0.2) is 0 Å². The molecule has 2 heteroatoms. The van der Waals surface area contributed by atoms with Crippen LogP contribution >= 0.6 is 0 Å². The molecule has 0 radical (unpaired) electrons. The molecule has 1 aliphatic rings. The van der Waals surface area contributed by atoms with Gasteiger partial charge in [-0.25, -0.2) is 0 Å². The SMILES string of the molecule is CCCOc1cccc(CNC(C)C2CCC2)c1. The Hall–Kier alpha value is -1.02. The Morgan fingerprint density at radius 1 is 1.39 bits per heavy atom. The van der Waals surface area contributed by atoms with E-state index in [-0.39, 0.29) is 0 Å². The van der Waals surface area contributed by atoms with Crippen LogP contribution in [-0.2, 0) is 6.54 Å². The van der Waals surface area contributed by atoms with Crippen LogP contribution in [-0.4, -0.2) is 12.6 Å². The molecule has 1 saturated carbocycles. The lowest BCUT2D eigenvalue weighted by Crippen LogP contribution is -2.36. The van der Waals surface area contributed by atoms with Crippen molar-refractivity contribution in [2.24, 2.45) is 5.92 Å². The summed E-state index contributed by atoms with van der Waals surface area (Å²) in [6.45, 7) is 6.18. The molecule has 0 bridgehead atoms. The van der Waals surface area contributed by atoms with E-state index in [0.29, 0.717) is 6.04 Å². The van der Waals surface area contributed by atoms with Crippen LogP contribution in [0.15, 0.2) is 24.3 Å². The zero-order valence-corrected chi connectivity index (χ0v) is 11.6. The lowest BCUT2D eigenvalue weighted by molar-refractivity contribution is 0.240. The summed E-state index contributed by atoms with van der Waals surface area (Å²) in [7, 11) is 0. The summed E-state index contributed by atoms with van der Waals surface area (Å²) in [6.07, 6.45) is 5.26. The van der Waals surface area contributed by atoms with Gasteiger partial charge >= 0.3 is 0 Å². The van der Waals surface area contributed by atoms with E-state index in [2.05, 4.69) is 37.4 Å². The summed E-state index contributed by atoms with van der Waals surface area (Å²) in [5.74, 6) is 1.89. The van der Waals surface area contributed by atoms with E-state index >= 15 is 0 Å². The number of ether oxygens (including phenoxy) is 1. The summed E-state index contributed by atoms with van der Waals surface area (Å²) < 4.78 is 5.65. The van der Waals surface area contributed by atoms with Gasteiger partial charge in [0.2, 0.25) is 0 Å². The van der Waals surface area contributed by atoms with E-state index in [9.17, 15) is 0 Å². The second kappa shape index (κ2) is 6.79. The molecule has 1 aliphatic carbocycles. The normalized spacial score (nSPS) is 17.2. The molecule has 0 aliphatic heterocycles. The van der Waals surface area contributed by atoms with Gasteiger partial charge in [-0.15, -0.1) is 0 Å². The minimum Gasteiger partial charge on any atom is -0.494 e. The number of benzene rings is 1. The third-order valence-electron chi connectivity index (χ3n) is 3.86. The van der Waals surface area contributed by atoms with Gasteiger partial charge in [-0.05, 0) is 49.8 Å². The molecule has 2 rings (SSSR count). The van der Waals surface area contributed by atoms with Crippen LogP contribution in [0.5, 0.6) is 5.75 Å². The van der Waals surface area contributed by atoms with Crippen molar-refractivity contribution in [3.63, 3.8) is 0 Å². The molecule has 0 spiro atoms. The van der Waals surface area contributed by atoms with Gasteiger partial charge in [0.1, 0.15) is 5.75 Å². The zero-order chi connectivity index (χ0) is 12.8. The summed E-state index contributed by atoms with van der Waals surface area (Å²) in [5, 5.41) is 3.63. The minimum atomic E-state index is 0.638. The van der Waals surface area contributed by atoms with Crippen molar-refractivity contribution < 1.29 is 4.74 Å². The summed E-state index contributed by atoms with van der Waals surface area (Å²) in [5.41, 5.74) is 1.31. The lowest BCUT2D eigenvalue weighted by atomic mass is 9.80. The first-order valence-electron chi connectivity index (χ1n) is 7.24. The van der Waals surface area contributed by atoms with Gasteiger partial charge < -0.3 is 10.1 Å². The molecule has 0 saturated heterocycles. The maximum absolute atomic E-state index is 5.65. The van der Waals surface area contributed by atoms with Crippen molar-refractivity contribution in [2.75, 3.05) is 6.61 Å². The molecule has 1 aromatic carbocycles. The van der Waals surface area contributed by atoms with Crippen LogP contribution < -0.4 is 10.1 Å². The van der Waals surface area contributed by atoms with Gasteiger partial charge in [0, 0.05) is 12.6 Å². The molecule has 0 amide bonds.